The van der Waals surface area contributed by atoms with Crippen LogP contribution in [-0.2, 0) is 13.0 Å². The van der Waals surface area contributed by atoms with Gasteiger partial charge in [-0.15, -0.1) is 0 Å². The second-order valence-electron chi connectivity index (χ2n) is 5.07. The molecule has 0 aliphatic carbocycles. The van der Waals surface area contributed by atoms with Gasteiger partial charge in [0, 0.05) is 18.9 Å². The van der Waals surface area contributed by atoms with E-state index in [1.807, 2.05) is 30.9 Å². The van der Waals surface area contributed by atoms with Gasteiger partial charge in [-0.3, -0.25) is 9.67 Å². The SMILES string of the molecule is CN(C)CCn1ncc(Cl)c1C(N)Cc1ccncc1. The molecule has 2 rings (SSSR count). The molecule has 2 aromatic rings. The number of aromatic nitrogens is 3. The Morgan fingerprint density at radius 3 is 2.70 bits per heavy atom. The van der Waals surface area contributed by atoms with Crippen molar-refractivity contribution in [2.45, 2.75) is 19.0 Å². The van der Waals surface area contributed by atoms with Crippen molar-refractivity contribution < 1.29 is 0 Å². The summed E-state index contributed by atoms with van der Waals surface area (Å²) in [5, 5.41) is 4.95. The lowest BCUT2D eigenvalue weighted by atomic mass is 10.1. The minimum atomic E-state index is -0.172. The lowest BCUT2D eigenvalue weighted by Gasteiger charge is -2.16. The predicted octanol–water partition coefficient (Wildman–Crippen LogP) is 1.74. The van der Waals surface area contributed by atoms with E-state index >= 15 is 0 Å². The molecule has 0 aromatic carbocycles. The summed E-state index contributed by atoms with van der Waals surface area (Å²) in [6.45, 7) is 1.67. The van der Waals surface area contributed by atoms with E-state index in [4.69, 9.17) is 17.3 Å². The zero-order valence-electron chi connectivity index (χ0n) is 11.8. The van der Waals surface area contributed by atoms with Crippen LogP contribution in [0.25, 0.3) is 0 Å². The molecule has 20 heavy (non-hydrogen) atoms. The molecule has 0 amide bonds. The van der Waals surface area contributed by atoms with Crippen molar-refractivity contribution in [3.63, 3.8) is 0 Å². The molecule has 5 nitrogen and oxygen atoms in total. The van der Waals surface area contributed by atoms with Crippen molar-refractivity contribution in [2.24, 2.45) is 5.73 Å². The molecule has 0 radical (unpaired) electrons. The second-order valence-corrected chi connectivity index (χ2v) is 5.48. The molecule has 0 saturated carbocycles. The standard InChI is InChI=1S/C14H20ClN5/c1-19(2)7-8-20-14(12(15)10-18-20)13(16)9-11-3-5-17-6-4-11/h3-6,10,13H,7-9,16H2,1-2H3. The van der Waals surface area contributed by atoms with Crippen LogP contribution in [0.1, 0.15) is 17.3 Å². The monoisotopic (exact) mass is 293 g/mol. The summed E-state index contributed by atoms with van der Waals surface area (Å²) >= 11 is 6.23. The summed E-state index contributed by atoms with van der Waals surface area (Å²) in [4.78, 5) is 6.11. The maximum absolute atomic E-state index is 6.30. The lowest BCUT2D eigenvalue weighted by Crippen LogP contribution is -2.24. The normalized spacial score (nSPS) is 12.8. The van der Waals surface area contributed by atoms with Crippen LogP contribution >= 0.6 is 11.6 Å². The minimum Gasteiger partial charge on any atom is -0.322 e. The Morgan fingerprint density at radius 2 is 2.05 bits per heavy atom. The molecule has 0 bridgehead atoms. The smallest absolute Gasteiger partial charge is 0.0834 e. The number of halogens is 1. The van der Waals surface area contributed by atoms with Crippen LogP contribution < -0.4 is 5.73 Å². The Hall–Kier alpha value is -1.43. The third-order valence-electron chi connectivity index (χ3n) is 3.15. The van der Waals surface area contributed by atoms with E-state index in [-0.39, 0.29) is 6.04 Å². The van der Waals surface area contributed by atoms with Crippen molar-refractivity contribution in [1.29, 1.82) is 0 Å². The highest BCUT2D eigenvalue weighted by molar-refractivity contribution is 6.31. The van der Waals surface area contributed by atoms with Gasteiger partial charge < -0.3 is 10.6 Å². The predicted molar refractivity (Wildman–Crippen MR) is 80.7 cm³/mol. The molecule has 1 atom stereocenters. The molecular weight excluding hydrogens is 274 g/mol. The number of hydrogen-bond donors (Lipinski definition) is 1. The third-order valence-corrected chi connectivity index (χ3v) is 3.44. The summed E-state index contributed by atoms with van der Waals surface area (Å²) < 4.78 is 1.90. The molecule has 2 N–H and O–H groups in total. The summed E-state index contributed by atoms with van der Waals surface area (Å²) in [6, 6.07) is 3.76. The van der Waals surface area contributed by atoms with Gasteiger partial charge in [-0.2, -0.15) is 5.10 Å². The van der Waals surface area contributed by atoms with Gasteiger partial charge in [0.05, 0.1) is 29.5 Å². The van der Waals surface area contributed by atoms with Crippen LogP contribution in [0.5, 0.6) is 0 Å². The summed E-state index contributed by atoms with van der Waals surface area (Å²) in [5.41, 5.74) is 8.34. The first kappa shape index (κ1) is 15.0. The molecule has 2 aromatic heterocycles. The topological polar surface area (TPSA) is 60.0 Å². The summed E-state index contributed by atoms with van der Waals surface area (Å²) in [6.07, 6.45) is 5.93. The van der Waals surface area contributed by atoms with Crippen LogP contribution in [0.2, 0.25) is 5.02 Å². The number of nitrogens with zero attached hydrogens (tertiary/aromatic N) is 4. The van der Waals surface area contributed by atoms with E-state index in [1.165, 1.54) is 0 Å². The van der Waals surface area contributed by atoms with Gasteiger partial charge in [0.15, 0.2) is 0 Å². The van der Waals surface area contributed by atoms with E-state index in [0.717, 1.165) is 30.8 Å². The number of hydrogen-bond acceptors (Lipinski definition) is 4. The van der Waals surface area contributed by atoms with E-state index < -0.39 is 0 Å². The van der Waals surface area contributed by atoms with Gasteiger partial charge in [-0.1, -0.05) is 11.6 Å². The van der Waals surface area contributed by atoms with Crippen LogP contribution in [-0.4, -0.2) is 40.3 Å². The van der Waals surface area contributed by atoms with Crippen molar-refractivity contribution >= 4 is 11.6 Å². The number of likely N-dealkylation sites (N-methyl/N-ethyl adjacent to an activating group) is 1. The Kier molecular flexibility index (Phi) is 5.11. The van der Waals surface area contributed by atoms with E-state index in [9.17, 15) is 0 Å². The van der Waals surface area contributed by atoms with Gasteiger partial charge in [0.2, 0.25) is 0 Å². The van der Waals surface area contributed by atoms with Crippen molar-refractivity contribution in [3.8, 4) is 0 Å². The number of nitrogens with two attached hydrogens (primary N) is 1. The van der Waals surface area contributed by atoms with Crippen LogP contribution in [0.3, 0.4) is 0 Å². The van der Waals surface area contributed by atoms with Crippen LogP contribution in [0, 0.1) is 0 Å². The fourth-order valence-electron chi connectivity index (χ4n) is 2.08. The Labute approximate surface area is 124 Å². The average molecular weight is 294 g/mol. The minimum absolute atomic E-state index is 0.172. The van der Waals surface area contributed by atoms with Crippen molar-refractivity contribution in [3.05, 3.63) is 47.0 Å². The highest BCUT2D eigenvalue weighted by Gasteiger charge is 2.17. The first-order valence-electron chi connectivity index (χ1n) is 6.58. The van der Waals surface area contributed by atoms with Gasteiger partial charge in [-0.05, 0) is 38.2 Å². The number of pyridine rings is 1. The molecule has 108 valence electrons. The Morgan fingerprint density at radius 1 is 1.35 bits per heavy atom. The van der Waals surface area contributed by atoms with Crippen molar-refractivity contribution in [1.82, 2.24) is 19.7 Å². The van der Waals surface area contributed by atoms with Crippen LogP contribution in [0.4, 0.5) is 0 Å². The maximum atomic E-state index is 6.30. The quantitative estimate of drug-likeness (QED) is 0.881. The zero-order chi connectivity index (χ0) is 14.5. The average Bonchev–Trinajstić information content (AvgIpc) is 2.78. The van der Waals surface area contributed by atoms with Crippen LogP contribution in [0.15, 0.2) is 30.7 Å². The molecule has 0 aliphatic heterocycles. The Bertz CT molecular complexity index is 538. The molecule has 0 saturated heterocycles. The third kappa shape index (κ3) is 3.79. The van der Waals surface area contributed by atoms with E-state index in [0.29, 0.717) is 5.02 Å². The maximum Gasteiger partial charge on any atom is 0.0834 e. The summed E-state index contributed by atoms with van der Waals surface area (Å²) in [5.74, 6) is 0. The van der Waals surface area contributed by atoms with E-state index in [1.54, 1.807) is 18.6 Å². The fourth-order valence-corrected chi connectivity index (χ4v) is 2.36. The zero-order valence-corrected chi connectivity index (χ0v) is 12.6. The molecule has 1 unspecified atom stereocenters. The summed E-state index contributed by atoms with van der Waals surface area (Å²) in [7, 11) is 4.06. The van der Waals surface area contributed by atoms with Gasteiger partial charge in [0.25, 0.3) is 0 Å². The second kappa shape index (κ2) is 6.83. The molecule has 6 heteroatoms. The first-order valence-corrected chi connectivity index (χ1v) is 6.96. The van der Waals surface area contributed by atoms with Gasteiger partial charge in [0.1, 0.15) is 0 Å². The van der Waals surface area contributed by atoms with Crippen molar-refractivity contribution in [2.75, 3.05) is 20.6 Å². The highest BCUT2D eigenvalue weighted by Crippen LogP contribution is 2.23. The van der Waals surface area contributed by atoms with E-state index in [2.05, 4.69) is 15.0 Å². The lowest BCUT2D eigenvalue weighted by molar-refractivity contribution is 0.366. The molecule has 0 fully saturated rings. The van der Waals surface area contributed by atoms with Gasteiger partial charge in [-0.25, -0.2) is 0 Å². The molecule has 0 aliphatic rings. The fraction of sp³-hybridized carbons (Fsp3) is 0.429. The molecular formula is C14H20ClN5. The highest BCUT2D eigenvalue weighted by atomic mass is 35.5. The molecule has 2 heterocycles. The Balaban J connectivity index is 2.12. The van der Waals surface area contributed by atoms with Gasteiger partial charge >= 0.3 is 0 Å². The molecule has 0 spiro atoms. The first-order chi connectivity index (χ1) is 9.58. The largest absolute Gasteiger partial charge is 0.322 e. The number of rotatable bonds is 6.